The zero-order valence-corrected chi connectivity index (χ0v) is 16.3. The van der Waals surface area contributed by atoms with Crippen molar-refractivity contribution in [1.82, 2.24) is 14.2 Å². The highest BCUT2D eigenvalue weighted by molar-refractivity contribution is 7.89. The van der Waals surface area contributed by atoms with Crippen LogP contribution in [0.1, 0.15) is 10.5 Å². The van der Waals surface area contributed by atoms with Gasteiger partial charge in [0.05, 0.1) is 6.04 Å². The number of likely N-dealkylation sites (N-methyl/N-ethyl adjacent to an activating group) is 1. The lowest BCUT2D eigenvalue weighted by Crippen LogP contribution is -2.43. The number of nitrogens with one attached hydrogen (secondary N) is 2. The van der Waals surface area contributed by atoms with E-state index < -0.39 is 33.6 Å². The molecule has 3 rings (SSSR count). The fourth-order valence-electron chi connectivity index (χ4n) is 2.97. The number of carbonyl (C=O) groups is 1. The SMILES string of the molecule is CN(C)CC1COc2c(cn(C)c2C(=O)Nc2ccc(F)c(F)c2)S(=O)(=O)N1. The van der Waals surface area contributed by atoms with Gasteiger partial charge in [0.2, 0.25) is 10.0 Å². The molecule has 0 radical (unpaired) electrons. The number of fused-ring (bicyclic) bond motifs is 1. The van der Waals surface area contributed by atoms with Gasteiger partial charge in [-0.25, -0.2) is 21.9 Å². The lowest BCUT2D eigenvalue weighted by Gasteiger charge is -2.19. The van der Waals surface area contributed by atoms with Crippen LogP contribution in [0, 0.1) is 11.6 Å². The van der Waals surface area contributed by atoms with Crippen molar-refractivity contribution in [3.05, 3.63) is 41.7 Å². The van der Waals surface area contributed by atoms with Crippen molar-refractivity contribution in [3.8, 4) is 5.75 Å². The van der Waals surface area contributed by atoms with E-state index in [-0.39, 0.29) is 28.6 Å². The van der Waals surface area contributed by atoms with Gasteiger partial charge in [0.25, 0.3) is 5.91 Å². The molecule has 0 fully saturated rings. The highest BCUT2D eigenvalue weighted by Gasteiger charge is 2.34. The Labute approximate surface area is 161 Å². The summed E-state index contributed by atoms with van der Waals surface area (Å²) in [5.41, 5.74) is -0.0189. The minimum atomic E-state index is -3.91. The predicted octanol–water partition coefficient (Wildman–Crippen LogP) is 1.16. The summed E-state index contributed by atoms with van der Waals surface area (Å²) in [7, 11) is 1.18. The van der Waals surface area contributed by atoms with Crippen molar-refractivity contribution >= 4 is 21.6 Å². The maximum absolute atomic E-state index is 13.4. The Hall–Kier alpha value is -2.50. The van der Waals surface area contributed by atoms with Crippen LogP contribution in [0.5, 0.6) is 5.75 Å². The largest absolute Gasteiger partial charge is 0.488 e. The van der Waals surface area contributed by atoms with Gasteiger partial charge in [0, 0.05) is 31.5 Å². The zero-order valence-electron chi connectivity index (χ0n) is 15.5. The molecule has 0 aliphatic carbocycles. The van der Waals surface area contributed by atoms with Gasteiger partial charge in [0.1, 0.15) is 11.5 Å². The summed E-state index contributed by atoms with van der Waals surface area (Å²) < 4.78 is 61.3. The first-order chi connectivity index (χ1) is 13.1. The van der Waals surface area contributed by atoms with Crippen molar-refractivity contribution in [1.29, 1.82) is 0 Å². The molecular formula is C17H20F2N4O4S. The standard InChI is InChI=1S/C17H20F2N4O4S/c1-22(2)7-11-9-27-16-14(28(25,26)21-11)8-23(3)15(16)17(24)20-10-4-5-12(18)13(19)6-10/h4-6,8,11,21H,7,9H2,1-3H3,(H,20,24). The first kappa shape index (κ1) is 20.2. The van der Waals surface area contributed by atoms with Crippen LogP contribution in [0.3, 0.4) is 0 Å². The van der Waals surface area contributed by atoms with Crippen LogP contribution >= 0.6 is 0 Å². The molecule has 0 bridgehead atoms. The highest BCUT2D eigenvalue weighted by atomic mass is 32.2. The Morgan fingerprint density at radius 2 is 2.07 bits per heavy atom. The van der Waals surface area contributed by atoms with E-state index in [1.807, 2.05) is 4.90 Å². The van der Waals surface area contributed by atoms with Crippen molar-refractivity contribution in [2.24, 2.45) is 7.05 Å². The van der Waals surface area contributed by atoms with Crippen molar-refractivity contribution in [2.45, 2.75) is 10.9 Å². The van der Waals surface area contributed by atoms with E-state index in [9.17, 15) is 22.0 Å². The van der Waals surface area contributed by atoms with E-state index >= 15 is 0 Å². The molecule has 1 unspecified atom stereocenters. The summed E-state index contributed by atoms with van der Waals surface area (Å²) in [6, 6.07) is 2.41. The van der Waals surface area contributed by atoms with Crippen molar-refractivity contribution in [3.63, 3.8) is 0 Å². The normalized spacial score (nSPS) is 18.3. The number of halogens is 2. The molecule has 1 aromatic heterocycles. The Kier molecular flexibility index (Phi) is 5.41. The smallest absolute Gasteiger partial charge is 0.276 e. The molecule has 0 saturated heterocycles. The van der Waals surface area contributed by atoms with Gasteiger partial charge in [-0.1, -0.05) is 0 Å². The van der Waals surface area contributed by atoms with Gasteiger partial charge in [-0.15, -0.1) is 0 Å². The first-order valence-corrected chi connectivity index (χ1v) is 9.82. The number of hydrogen-bond acceptors (Lipinski definition) is 5. The zero-order chi connectivity index (χ0) is 20.6. The minimum Gasteiger partial charge on any atom is -0.488 e. The summed E-state index contributed by atoms with van der Waals surface area (Å²) in [6.07, 6.45) is 1.27. The van der Waals surface area contributed by atoms with Gasteiger partial charge in [0.15, 0.2) is 23.1 Å². The van der Waals surface area contributed by atoms with Gasteiger partial charge < -0.3 is 19.5 Å². The number of ether oxygens (including phenoxy) is 1. The molecule has 152 valence electrons. The van der Waals surface area contributed by atoms with Crippen LogP contribution in [0.4, 0.5) is 14.5 Å². The van der Waals surface area contributed by atoms with Gasteiger partial charge in [-0.05, 0) is 26.2 Å². The number of nitrogens with zero attached hydrogens (tertiary/aromatic N) is 2. The summed E-state index contributed by atoms with van der Waals surface area (Å²) in [5, 5.41) is 2.42. The summed E-state index contributed by atoms with van der Waals surface area (Å²) in [6.45, 7) is 0.436. The summed E-state index contributed by atoms with van der Waals surface area (Å²) >= 11 is 0. The Bertz CT molecular complexity index is 1020. The molecule has 1 aliphatic heterocycles. The van der Waals surface area contributed by atoms with Crippen LogP contribution in [0.15, 0.2) is 29.3 Å². The number of amides is 1. The van der Waals surface area contributed by atoms with Crippen molar-refractivity contribution in [2.75, 3.05) is 32.6 Å². The first-order valence-electron chi connectivity index (χ1n) is 8.34. The van der Waals surface area contributed by atoms with Gasteiger partial charge in [-0.3, -0.25) is 4.79 Å². The Balaban J connectivity index is 1.93. The molecule has 2 N–H and O–H groups in total. The van der Waals surface area contributed by atoms with Gasteiger partial charge in [-0.2, -0.15) is 0 Å². The minimum absolute atomic E-state index is 0.0268. The van der Waals surface area contributed by atoms with E-state index in [0.717, 1.165) is 12.1 Å². The van der Waals surface area contributed by atoms with Crippen LogP contribution in [0.25, 0.3) is 0 Å². The van der Waals surface area contributed by atoms with Gasteiger partial charge >= 0.3 is 0 Å². The molecule has 28 heavy (non-hydrogen) atoms. The molecule has 11 heteroatoms. The maximum Gasteiger partial charge on any atom is 0.276 e. The van der Waals surface area contributed by atoms with Crippen LogP contribution in [0.2, 0.25) is 0 Å². The Morgan fingerprint density at radius 3 is 2.71 bits per heavy atom. The fraction of sp³-hybridized carbons (Fsp3) is 0.353. The van der Waals surface area contributed by atoms with Crippen LogP contribution in [-0.4, -0.2) is 57.1 Å². The highest BCUT2D eigenvalue weighted by Crippen LogP contribution is 2.32. The van der Waals surface area contributed by atoms with Crippen molar-refractivity contribution < 1.29 is 26.7 Å². The van der Waals surface area contributed by atoms with E-state index in [2.05, 4.69) is 10.0 Å². The quantitative estimate of drug-likeness (QED) is 0.783. The number of rotatable bonds is 4. The second-order valence-corrected chi connectivity index (χ2v) is 8.44. The molecule has 0 saturated carbocycles. The molecule has 1 aromatic carbocycles. The number of anilines is 1. The van der Waals surface area contributed by atoms with Crippen LogP contribution in [-0.2, 0) is 17.1 Å². The average molecular weight is 414 g/mol. The third-order valence-electron chi connectivity index (χ3n) is 4.12. The molecular weight excluding hydrogens is 394 g/mol. The number of benzene rings is 1. The number of carbonyl (C=O) groups excluding carboxylic acids is 1. The molecule has 8 nitrogen and oxygen atoms in total. The number of sulfonamides is 1. The average Bonchev–Trinajstić information content (AvgIpc) is 2.87. The summed E-state index contributed by atoms with van der Waals surface area (Å²) in [5.74, 6) is -2.96. The van der Waals surface area contributed by atoms with E-state index in [4.69, 9.17) is 4.74 Å². The molecule has 1 amide bonds. The Morgan fingerprint density at radius 1 is 1.36 bits per heavy atom. The maximum atomic E-state index is 13.4. The molecule has 0 spiro atoms. The van der Waals surface area contributed by atoms with E-state index in [1.165, 1.54) is 23.9 Å². The number of aromatic nitrogens is 1. The molecule has 1 aliphatic rings. The topological polar surface area (TPSA) is 92.7 Å². The molecule has 1 atom stereocenters. The monoisotopic (exact) mass is 414 g/mol. The summed E-state index contributed by atoms with van der Waals surface area (Å²) in [4.78, 5) is 14.3. The third-order valence-corrected chi connectivity index (χ3v) is 5.63. The third kappa shape index (κ3) is 4.01. The van der Waals surface area contributed by atoms with E-state index in [0.29, 0.717) is 6.54 Å². The second kappa shape index (κ2) is 7.49. The lowest BCUT2D eigenvalue weighted by atomic mass is 10.2. The lowest BCUT2D eigenvalue weighted by molar-refractivity contribution is 0.101. The second-order valence-electron chi connectivity index (χ2n) is 6.76. The number of aryl methyl sites for hydroxylation is 1. The van der Waals surface area contributed by atoms with E-state index in [1.54, 1.807) is 14.1 Å². The fourth-order valence-corrected chi connectivity index (χ4v) is 4.37. The van der Waals surface area contributed by atoms with Crippen LogP contribution < -0.4 is 14.8 Å². The molecule has 2 aromatic rings. The molecule has 2 heterocycles. The predicted molar refractivity (Wildman–Crippen MR) is 97.9 cm³/mol. The number of hydrogen-bond donors (Lipinski definition) is 2.